The van der Waals surface area contributed by atoms with Gasteiger partial charge in [0.05, 0.1) is 6.07 Å². The van der Waals surface area contributed by atoms with E-state index in [-0.39, 0.29) is 12.6 Å². The van der Waals surface area contributed by atoms with E-state index in [1.165, 1.54) is 11.0 Å². The van der Waals surface area contributed by atoms with Gasteiger partial charge < -0.3 is 0 Å². The van der Waals surface area contributed by atoms with Gasteiger partial charge in [-0.25, -0.2) is 0 Å². The van der Waals surface area contributed by atoms with E-state index in [1.54, 1.807) is 38.2 Å². The van der Waals surface area contributed by atoms with Crippen molar-refractivity contribution in [2.75, 3.05) is 13.6 Å². The molecule has 2 nitrogen and oxygen atoms in total. The smallest absolute Gasteiger partial charge is 0.298 e. The fourth-order valence-electron chi connectivity index (χ4n) is 1.71. The van der Waals surface area contributed by atoms with E-state index in [4.69, 9.17) is 16.9 Å². The molecule has 0 aliphatic heterocycles. The predicted molar refractivity (Wildman–Crippen MR) is 67.7 cm³/mol. The summed E-state index contributed by atoms with van der Waals surface area (Å²) in [5.74, 6) is -2.00. The second-order valence-electron chi connectivity index (χ2n) is 4.36. The standard InChI is InChI=1S/C13H14ClF3N2/c1-9(11-5-3-4-6-12(11)14)19(2)8-10(7-18)13(15,16)17/h3-6,9-10H,8H2,1-2H3. The van der Waals surface area contributed by atoms with Crippen LogP contribution in [-0.2, 0) is 0 Å². The van der Waals surface area contributed by atoms with Crippen LogP contribution in [0.25, 0.3) is 0 Å². The van der Waals surface area contributed by atoms with Crippen LogP contribution in [0.15, 0.2) is 24.3 Å². The van der Waals surface area contributed by atoms with Gasteiger partial charge in [-0.2, -0.15) is 18.4 Å². The number of hydrogen-bond acceptors (Lipinski definition) is 2. The van der Waals surface area contributed by atoms with Crippen LogP contribution < -0.4 is 0 Å². The lowest BCUT2D eigenvalue weighted by molar-refractivity contribution is -0.163. The molecule has 0 aliphatic rings. The highest BCUT2D eigenvalue weighted by molar-refractivity contribution is 6.31. The average molecular weight is 291 g/mol. The van der Waals surface area contributed by atoms with Crippen LogP contribution in [0.1, 0.15) is 18.5 Å². The normalized spacial score (nSPS) is 15.1. The highest BCUT2D eigenvalue weighted by Gasteiger charge is 2.41. The predicted octanol–water partition coefficient (Wildman–Crippen LogP) is 4.03. The van der Waals surface area contributed by atoms with Gasteiger partial charge in [0.2, 0.25) is 0 Å². The summed E-state index contributed by atoms with van der Waals surface area (Å²) in [4.78, 5) is 1.47. The van der Waals surface area contributed by atoms with E-state index >= 15 is 0 Å². The first kappa shape index (κ1) is 15.8. The van der Waals surface area contributed by atoms with Crippen LogP contribution in [0.5, 0.6) is 0 Å². The Morgan fingerprint density at radius 2 is 1.95 bits per heavy atom. The number of hydrogen-bond donors (Lipinski definition) is 0. The molecule has 1 aromatic rings. The molecule has 19 heavy (non-hydrogen) atoms. The second-order valence-corrected chi connectivity index (χ2v) is 4.77. The van der Waals surface area contributed by atoms with Gasteiger partial charge in [-0.05, 0) is 25.6 Å². The lowest BCUT2D eigenvalue weighted by atomic mass is 10.0. The molecule has 0 bridgehead atoms. The third kappa shape index (κ3) is 4.12. The molecule has 0 N–H and O–H groups in total. The first-order valence-corrected chi connectivity index (χ1v) is 6.06. The topological polar surface area (TPSA) is 27.0 Å². The summed E-state index contributed by atoms with van der Waals surface area (Å²) in [6, 6.07) is 7.98. The summed E-state index contributed by atoms with van der Waals surface area (Å²) in [7, 11) is 1.55. The molecule has 0 heterocycles. The molecule has 2 atom stereocenters. The fourth-order valence-corrected chi connectivity index (χ4v) is 2.01. The van der Waals surface area contributed by atoms with Crippen LogP contribution in [0.4, 0.5) is 13.2 Å². The molecule has 6 heteroatoms. The van der Waals surface area contributed by atoms with Gasteiger partial charge in [0.25, 0.3) is 0 Å². The van der Waals surface area contributed by atoms with Gasteiger partial charge in [0.15, 0.2) is 5.92 Å². The summed E-state index contributed by atoms with van der Waals surface area (Å²) < 4.78 is 37.7. The molecule has 1 aromatic carbocycles. The monoisotopic (exact) mass is 290 g/mol. The summed E-state index contributed by atoms with van der Waals surface area (Å²) >= 11 is 6.01. The summed E-state index contributed by atoms with van der Waals surface area (Å²) in [6.07, 6.45) is -4.51. The molecule has 1 rings (SSSR count). The van der Waals surface area contributed by atoms with Crippen LogP contribution in [0.3, 0.4) is 0 Å². The first-order chi connectivity index (χ1) is 8.77. The molecule has 0 spiro atoms. The van der Waals surface area contributed by atoms with E-state index in [9.17, 15) is 13.2 Å². The zero-order valence-corrected chi connectivity index (χ0v) is 11.3. The quantitative estimate of drug-likeness (QED) is 0.837. The molecule has 0 aromatic heterocycles. The molecule has 0 saturated carbocycles. The van der Waals surface area contributed by atoms with Crippen molar-refractivity contribution < 1.29 is 13.2 Å². The van der Waals surface area contributed by atoms with Crippen molar-refractivity contribution in [3.05, 3.63) is 34.9 Å². The Morgan fingerprint density at radius 1 is 1.37 bits per heavy atom. The number of alkyl halides is 3. The zero-order valence-electron chi connectivity index (χ0n) is 10.6. The molecule has 0 saturated heterocycles. The van der Waals surface area contributed by atoms with Crippen molar-refractivity contribution in [3.8, 4) is 6.07 Å². The lowest BCUT2D eigenvalue weighted by Gasteiger charge is -2.28. The van der Waals surface area contributed by atoms with Gasteiger partial charge in [-0.15, -0.1) is 0 Å². The molecule has 0 aliphatic carbocycles. The highest BCUT2D eigenvalue weighted by Crippen LogP contribution is 2.30. The van der Waals surface area contributed by atoms with Crippen molar-refractivity contribution >= 4 is 11.6 Å². The average Bonchev–Trinajstić information content (AvgIpc) is 2.34. The Morgan fingerprint density at radius 3 is 2.42 bits per heavy atom. The van der Waals surface area contributed by atoms with E-state index < -0.39 is 12.1 Å². The Balaban J connectivity index is 2.82. The van der Waals surface area contributed by atoms with Crippen LogP contribution in [-0.4, -0.2) is 24.7 Å². The van der Waals surface area contributed by atoms with Crippen LogP contribution >= 0.6 is 11.6 Å². The summed E-state index contributed by atoms with van der Waals surface area (Å²) in [5.41, 5.74) is 0.741. The van der Waals surface area contributed by atoms with Gasteiger partial charge >= 0.3 is 6.18 Å². The molecule has 2 unspecified atom stereocenters. The maximum absolute atomic E-state index is 12.6. The van der Waals surface area contributed by atoms with Gasteiger partial charge in [0.1, 0.15) is 0 Å². The number of rotatable bonds is 4. The van der Waals surface area contributed by atoms with Crippen molar-refractivity contribution in [1.29, 1.82) is 5.26 Å². The van der Waals surface area contributed by atoms with Crippen LogP contribution in [0.2, 0.25) is 5.02 Å². The van der Waals surface area contributed by atoms with Crippen LogP contribution in [0, 0.1) is 17.2 Å². The second kappa shape index (κ2) is 6.27. The van der Waals surface area contributed by atoms with Crippen molar-refractivity contribution in [2.24, 2.45) is 5.92 Å². The molecule has 0 amide bonds. The molecule has 0 fully saturated rings. The Labute approximate surface area is 115 Å². The number of nitrogens with zero attached hydrogens (tertiary/aromatic N) is 2. The molecule has 0 radical (unpaired) electrons. The number of benzene rings is 1. The van der Waals surface area contributed by atoms with E-state index in [2.05, 4.69) is 0 Å². The van der Waals surface area contributed by atoms with Crippen molar-refractivity contribution in [3.63, 3.8) is 0 Å². The SMILES string of the molecule is CC(c1ccccc1Cl)N(C)CC(C#N)C(F)(F)F. The van der Waals surface area contributed by atoms with Gasteiger partial charge in [0, 0.05) is 17.6 Å². The summed E-state index contributed by atoms with van der Waals surface area (Å²) in [6.45, 7) is 1.37. The Kier molecular flexibility index (Phi) is 5.21. The Hall–Kier alpha value is -1.25. The van der Waals surface area contributed by atoms with E-state index in [1.807, 2.05) is 0 Å². The third-order valence-corrected chi connectivity index (χ3v) is 3.38. The Bertz CT molecular complexity index is 468. The minimum atomic E-state index is -4.51. The fraction of sp³-hybridized carbons (Fsp3) is 0.462. The first-order valence-electron chi connectivity index (χ1n) is 5.68. The van der Waals surface area contributed by atoms with Gasteiger partial charge in [-0.3, -0.25) is 4.90 Å². The van der Waals surface area contributed by atoms with Crippen molar-refractivity contribution in [2.45, 2.75) is 19.1 Å². The number of halogens is 4. The highest BCUT2D eigenvalue weighted by atomic mass is 35.5. The third-order valence-electron chi connectivity index (χ3n) is 3.04. The number of nitriles is 1. The molecular formula is C13H14ClF3N2. The van der Waals surface area contributed by atoms with E-state index in [0.29, 0.717) is 5.02 Å². The molecule has 104 valence electrons. The van der Waals surface area contributed by atoms with Gasteiger partial charge in [-0.1, -0.05) is 29.8 Å². The molecular weight excluding hydrogens is 277 g/mol. The largest absolute Gasteiger partial charge is 0.405 e. The van der Waals surface area contributed by atoms with E-state index in [0.717, 1.165) is 5.56 Å². The summed E-state index contributed by atoms with van der Waals surface area (Å²) in [5, 5.41) is 9.10. The zero-order chi connectivity index (χ0) is 14.6. The minimum absolute atomic E-state index is 0.299. The van der Waals surface area contributed by atoms with Crippen molar-refractivity contribution in [1.82, 2.24) is 4.90 Å². The maximum Gasteiger partial charge on any atom is 0.405 e. The lowest BCUT2D eigenvalue weighted by Crippen LogP contribution is -2.35. The minimum Gasteiger partial charge on any atom is -0.298 e. The maximum atomic E-state index is 12.6.